The SMILES string of the molecule is CCn1c(C#N)cc(N)c1N1CC(C)CC(C)C1. The average Bonchev–Trinajstić information content (AvgIpc) is 2.63. The molecule has 98 valence electrons. The van der Waals surface area contributed by atoms with Crippen LogP contribution in [0.1, 0.15) is 32.9 Å². The van der Waals surface area contributed by atoms with E-state index in [2.05, 4.69) is 31.7 Å². The minimum Gasteiger partial charge on any atom is -0.396 e. The van der Waals surface area contributed by atoms with Gasteiger partial charge in [0.25, 0.3) is 0 Å². The third-order valence-corrected chi connectivity index (χ3v) is 3.70. The molecular formula is C14H22N4. The van der Waals surface area contributed by atoms with Crippen molar-refractivity contribution in [3.05, 3.63) is 11.8 Å². The van der Waals surface area contributed by atoms with Gasteiger partial charge in [-0.1, -0.05) is 13.8 Å². The molecule has 1 aromatic rings. The van der Waals surface area contributed by atoms with E-state index in [-0.39, 0.29) is 0 Å². The third kappa shape index (κ3) is 2.17. The molecule has 0 bridgehead atoms. The van der Waals surface area contributed by atoms with Crippen LogP contribution in [0.15, 0.2) is 6.07 Å². The molecule has 2 atom stereocenters. The van der Waals surface area contributed by atoms with E-state index in [1.807, 2.05) is 4.57 Å². The molecule has 1 fully saturated rings. The molecule has 1 aliphatic rings. The van der Waals surface area contributed by atoms with Gasteiger partial charge in [-0.05, 0) is 31.2 Å². The highest BCUT2D eigenvalue weighted by atomic mass is 15.3. The molecule has 1 aromatic heterocycles. The van der Waals surface area contributed by atoms with Crippen LogP contribution in [0, 0.1) is 23.2 Å². The Labute approximate surface area is 109 Å². The monoisotopic (exact) mass is 246 g/mol. The summed E-state index contributed by atoms with van der Waals surface area (Å²) in [6, 6.07) is 4.02. The van der Waals surface area contributed by atoms with Crippen LogP contribution in [0.5, 0.6) is 0 Å². The van der Waals surface area contributed by atoms with E-state index < -0.39 is 0 Å². The molecule has 2 unspecified atom stereocenters. The molecular weight excluding hydrogens is 224 g/mol. The number of nitrogens with two attached hydrogens (primary N) is 1. The summed E-state index contributed by atoms with van der Waals surface area (Å²) >= 11 is 0. The number of aromatic nitrogens is 1. The lowest BCUT2D eigenvalue weighted by atomic mass is 9.92. The summed E-state index contributed by atoms with van der Waals surface area (Å²) in [6.45, 7) is 9.47. The number of nitrogens with zero attached hydrogens (tertiary/aromatic N) is 3. The largest absolute Gasteiger partial charge is 0.396 e. The Hall–Kier alpha value is -1.63. The van der Waals surface area contributed by atoms with E-state index in [1.54, 1.807) is 6.07 Å². The van der Waals surface area contributed by atoms with E-state index in [1.165, 1.54) is 6.42 Å². The van der Waals surface area contributed by atoms with Gasteiger partial charge in [0.05, 0.1) is 5.69 Å². The molecule has 0 amide bonds. The molecule has 4 nitrogen and oxygen atoms in total. The Morgan fingerprint density at radius 1 is 1.39 bits per heavy atom. The van der Waals surface area contributed by atoms with E-state index in [4.69, 9.17) is 11.0 Å². The lowest BCUT2D eigenvalue weighted by Crippen LogP contribution is -2.40. The fourth-order valence-corrected chi connectivity index (χ4v) is 3.16. The molecule has 18 heavy (non-hydrogen) atoms. The molecule has 0 spiro atoms. The summed E-state index contributed by atoms with van der Waals surface area (Å²) in [5.74, 6) is 2.39. The first kappa shape index (κ1) is 12.8. The zero-order valence-electron chi connectivity index (χ0n) is 11.5. The van der Waals surface area contributed by atoms with Gasteiger partial charge < -0.3 is 15.2 Å². The summed E-state index contributed by atoms with van der Waals surface area (Å²) in [5, 5.41) is 9.14. The van der Waals surface area contributed by atoms with Crippen molar-refractivity contribution in [1.82, 2.24) is 4.57 Å². The Kier molecular flexibility index (Phi) is 3.51. The Morgan fingerprint density at radius 2 is 2.00 bits per heavy atom. The highest BCUT2D eigenvalue weighted by molar-refractivity contribution is 5.68. The van der Waals surface area contributed by atoms with Gasteiger partial charge in [0.2, 0.25) is 0 Å². The van der Waals surface area contributed by atoms with Gasteiger partial charge in [0, 0.05) is 19.6 Å². The maximum Gasteiger partial charge on any atom is 0.133 e. The highest BCUT2D eigenvalue weighted by Gasteiger charge is 2.26. The standard InChI is InChI=1S/C14H22N4/c1-4-18-12(7-15)6-13(16)14(18)17-8-10(2)5-11(3)9-17/h6,10-11H,4-5,8-9,16H2,1-3H3. The van der Waals surface area contributed by atoms with Gasteiger partial charge in [-0.2, -0.15) is 5.26 Å². The zero-order valence-corrected chi connectivity index (χ0v) is 11.5. The van der Waals surface area contributed by atoms with E-state index >= 15 is 0 Å². The lowest BCUT2D eigenvalue weighted by Gasteiger charge is -2.37. The molecule has 2 heterocycles. The summed E-state index contributed by atoms with van der Waals surface area (Å²) < 4.78 is 2.03. The molecule has 1 saturated heterocycles. The first-order valence-corrected chi connectivity index (χ1v) is 6.70. The van der Waals surface area contributed by atoms with Crippen molar-refractivity contribution in [2.45, 2.75) is 33.7 Å². The molecule has 1 aliphatic heterocycles. The van der Waals surface area contributed by atoms with Crippen LogP contribution in [0.2, 0.25) is 0 Å². The fourth-order valence-electron chi connectivity index (χ4n) is 3.16. The third-order valence-electron chi connectivity index (χ3n) is 3.70. The minimum atomic E-state index is 0.663. The maximum absolute atomic E-state index is 9.14. The quantitative estimate of drug-likeness (QED) is 0.872. The van der Waals surface area contributed by atoms with Crippen LogP contribution < -0.4 is 10.6 Å². The molecule has 0 aliphatic carbocycles. The number of hydrogen-bond acceptors (Lipinski definition) is 3. The molecule has 0 aromatic carbocycles. The normalized spacial score (nSPS) is 24.0. The van der Waals surface area contributed by atoms with Gasteiger partial charge >= 0.3 is 0 Å². The van der Waals surface area contributed by atoms with Crippen molar-refractivity contribution >= 4 is 11.5 Å². The first-order chi connectivity index (χ1) is 8.56. The van der Waals surface area contributed by atoms with Crippen LogP contribution in [0.4, 0.5) is 11.5 Å². The average molecular weight is 246 g/mol. The molecule has 4 heteroatoms. The predicted molar refractivity (Wildman–Crippen MR) is 74.4 cm³/mol. The zero-order chi connectivity index (χ0) is 13.3. The second kappa shape index (κ2) is 4.93. The second-order valence-electron chi connectivity index (χ2n) is 5.52. The van der Waals surface area contributed by atoms with Gasteiger partial charge in [0.1, 0.15) is 17.6 Å². The van der Waals surface area contributed by atoms with Crippen LogP contribution in [0.25, 0.3) is 0 Å². The maximum atomic E-state index is 9.14. The van der Waals surface area contributed by atoms with Crippen LogP contribution in [0.3, 0.4) is 0 Å². The number of rotatable bonds is 2. The van der Waals surface area contributed by atoms with Crippen molar-refractivity contribution in [2.75, 3.05) is 23.7 Å². The van der Waals surface area contributed by atoms with Gasteiger partial charge in [0.15, 0.2) is 0 Å². The van der Waals surface area contributed by atoms with Crippen LogP contribution >= 0.6 is 0 Å². The number of nitrogen functional groups attached to an aromatic ring is 1. The Morgan fingerprint density at radius 3 is 2.50 bits per heavy atom. The summed E-state index contributed by atoms with van der Waals surface area (Å²) in [4.78, 5) is 2.35. The van der Waals surface area contributed by atoms with Crippen LogP contribution in [-0.2, 0) is 6.54 Å². The van der Waals surface area contributed by atoms with Gasteiger partial charge in [-0.3, -0.25) is 0 Å². The molecule has 2 N–H and O–H groups in total. The fraction of sp³-hybridized carbons (Fsp3) is 0.643. The summed E-state index contributed by atoms with van der Waals surface area (Å²) in [6.07, 6.45) is 1.27. The number of hydrogen-bond donors (Lipinski definition) is 1. The minimum absolute atomic E-state index is 0.663. The van der Waals surface area contributed by atoms with E-state index in [0.717, 1.165) is 31.1 Å². The van der Waals surface area contributed by atoms with Crippen LogP contribution in [-0.4, -0.2) is 17.7 Å². The Bertz CT molecular complexity index is 459. The van der Waals surface area contributed by atoms with Gasteiger partial charge in [-0.25, -0.2) is 0 Å². The highest BCUT2D eigenvalue weighted by Crippen LogP contribution is 2.32. The summed E-state index contributed by atoms with van der Waals surface area (Å²) in [5.41, 5.74) is 7.50. The summed E-state index contributed by atoms with van der Waals surface area (Å²) in [7, 11) is 0. The van der Waals surface area contributed by atoms with Crippen molar-refractivity contribution in [1.29, 1.82) is 5.26 Å². The van der Waals surface area contributed by atoms with E-state index in [9.17, 15) is 0 Å². The van der Waals surface area contributed by atoms with E-state index in [0.29, 0.717) is 17.5 Å². The number of piperidine rings is 1. The van der Waals surface area contributed by atoms with Crippen molar-refractivity contribution < 1.29 is 0 Å². The second-order valence-corrected chi connectivity index (χ2v) is 5.52. The molecule has 0 saturated carbocycles. The predicted octanol–water partition coefficient (Wildman–Crippen LogP) is 2.44. The Balaban J connectivity index is 2.38. The molecule has 0 radical (unpaired) electrons. The van der Waals surface area contributed by atoms with Crippen molar-refractivity contribution in [3.63, 3.8) is 0 Å². The topological polar surface area (TPSA) is 58.0 Å². The number of nitriles is 1. The van der Waals surface area contributed by atoms with Gasteiger partial charge in [-0.15, -0.1) is 0 Å². The van der Waals surface area contributed by atoms with Crippen molar-refractivity contribution in [2.24, 2.45) is 11.8 Å². The lowest BCUT2D eigenvalue weighted by molar-refractivity contribution is 0.353. The number of anilines is 2. The van der Waals surface area contributed by atoms with Crippen molar-refractivity contribution in [3.8, 4) is 6.07 Å². The first-order valence-electron chi connectivity index (χ1n) is 6.70. The molecule has 2 rings (SSSR count). The smallest absolute Gasteiger partial charge is 0.133 e.